The van der Waals surface area contributed by atoms with Gasteiger partial charge in [0.2, 0.25) is 0 Å². The standard InChI is InChI=1S/C23H20O2/c24-23-14-6-12-21-20(11-5-13-22(21)23)18-9-4-10-19(15-18)25-16-17-7-2-1-3-8-17/h1-5,7-11,13,15H,6,12,14,16H2. The predicted molar refractivity (Wildman–Crippen MR) is 99.9 cm³/mol. The molecule has 2 heteroatoms. The van der Waals surface area contributed by atoms with Gasteiger partial charge >= 0.3 is 0 Å². The van der Waals surface area contributed by atoms with Crippen molar-refractivity contribution in [2.45, 2.75) is 25.9 Å². The average Bonchev–Trinajstić information content (AvgIpc) is 2.67. The van der Waals surface area contributed by atoms with E-state index in [1.807, 2.05) is 42.5 Å². The molecule has 0 fully saturated rings. The molecule has 4 rings (SSSR count). The lowest BCUT2D eigenvalue weighted by atomic mass is 9.85. The minimum absolute atomic E-state index is 0.264. The number of hydrogen-bond donors (Lipinski definition) is 0. The molecule has 0 aromatic heterocycles. The molecule has 0 amide bonds. The normalized spacial score (nSPS) is 13.4. The van der Waals surface area contributed by atoms with Crippen LogP contribution in [-0.2, 0) is 13.0 Å². The summed E-state index contributed by atoms with van der Waals surface area (Å²) in [6.45, 7) is 0.551. The molecule has 0 atom stereocenters. The van der Waals surface area contributed by atoms with Gasteiger partial charge in [-0.15, -0.1) is 0 Å². The Balaban J connectivity index is 1.62. The quantitative estimate of drug-likeness (QED) is 0.636. The molecule has 0 bridgehead atoms. The Bertz CT molecular complexity index is 897. The van der Waals surface area contributed by atoms with Crippen LogP contribution in [0.15, 0.2) is 72.8 Å². The van der Waals surface area contributed by atoms with E-state index >= 15 is 0 Å². The zero-order valence-corrected chi connectivity index (χ0v) is 14.1. The first kappa shape index (κ1) is 15.6. The highest BCUT2D eigenvalue weighted by Gasteiger charge is 2.20. The smallest absolute Gasteiger partial charge is 0.163 e. The summed E-state index contributed by atoms with van der Waals surface area (Å²) in [5, 5.41) is 0. The fraction of sp³-hybridized carbons (Fsp3) is 0.174. The molecule has 1 aliphatic rings. The number of carbonyl (C=O) groups excluding carboxylic acids is 1. The van der Waals surface area contributed by atoms with Crippen LogP contribution in [0.1, 0.15) is 34.3 Å². The largest absolute Gasteiger partial charge is 0.489 e. The Morgan fingerprint density at radius 1 is 0.800 bits per heavy atom. The van der Waals surface area contributed by atoms with Crippen molar-refractivity contribution in [3.8, 4) is 16.9 Å². The van der Waals surface area contributed by atoms with Gasteiger partial charge in [0.25, 0.3) is 0 Å². The van der Waals surface area contributed by atoms with E-state index in [0.29, 0.717) is 13.0 Å². The van der Waals surface area contributed by atoms with E-state index in [4.69, 9.17) is 4.74 Å². The van der Waals surface area contributed by atoms with Gasteiger partial charge in [0.05, 0.1) is 0 Å². The Hall–Kier alpha value is -2.87. The van der Waals surface area contributed by atoms with E-state index in [1.54, 1.807) is 0 Å². The van der Waals surface area contributed by atoms with Crippen molar-refractivity contribution >= 4 is 5.78 Å². The van der Waals surface area contributed by atoms with Gasteiger partial charge in [-0.05, 0) is 47.2 Å². The molecule has 0 N–H and O–H groups in total. The lowest BCUT2D eigenvalue weighted by Gasteiger charge is -2.19. The zero-order chi connectivity index (χ0) is 17.1. The minimum Gasteiger partial charge on any atom is -0.489 e. The molecule has 3 aromatic carbocycles. The number of ether oxygens (including phenoxy) is 1. The van der Waals surface area contributed by atoms with E-state index in [0.717, 1.165) is 40.8 Å². The van der Waals surface area contributed by atoms with Crippen LogP contribution >= 0.6 is 0 Å². The molecule has 0 spiro atoms. The molecular formula is C23H20O2. The van der Waals surface area contributed by atoms with E-state index in [9.17, 15) is 4.79 Å². The number of rotatable bonds is 4. The second kappa shape index (κ2) is 6.94. The second-order valence-corrected chi connectivity index (χ2v) is 6.41. The van der Waals surface area contributed by atoms with Crippen molar-refractivity contribution in [2.24, 2.45) is 0 Å². The van der Waals surface area contributed by atoms with Crippen molar-refractivity contribution in [2.75, 3.05) is 0 Å². The summed E-state index contributed by atoms with van der Waals surface area (Å²) in [6.07, 6.45) is 2.57. The Morgan fingerprint density at radius 2 is 1.60 bits per heavy atom. The van der Waals surface area contributed by atoms with Crippen molar-refractivity contribution < 1.29 is 9.53 Å². The molecule has 124 valence electrons. The highest BCUT2D eigenvalue weighted by atomic mass is 16.5. The minimum atomic E-state index is 0.264. The van der Waals surface area contributed by atoms with Crippen LogP contribution in [0.4, 0.5) is 0 Å². The number of Topliss-reactive ketones (excluding diaryl/α,β-unsaturated/α-hetero) is 1. The first-order valence-electron chi connectivity index (χ1n) is 8.73. The fourth-order valence-corrected chi connectivity index (χ4v) is 3.44. The van der Waals surface area contributed by atoms with Crippen LogP contribution in [0, 0.1) is 0 Å². The summed E-state index contributed by atoms with van der Waals surface area (Å²) in [5.74, 6) is 1.11. The van der Waals surface area contributed by atoms with Gasteiger partial charge in [-0.1, -0.05) is 60.7 Å². The molecular weight excluding hydrogens is 308 g/mol. The molecule has 25 heavy (non-hydrogen) atoms. The molecule has 0 radical (unpaired) electrons. The van der Waals surface area contributed by atoms with Crippen molar-refractivity contribution in [3.05, 3.63) is 89.5 Å². The third-order valence-electron chi connectivity index (χ3n) is 4.70. The van der Waals surface area contributed by atoms with E-state index in [1.165, 1.54) is 5.56 Å². The van der Waals surface area contributed by atoms with Crippen LogP contribution in [-0.4, -0.2) is 5.78 Å². The number of ketones is 1. The molecule has 0 aliphatic heterocycles. The lowest BCUT2D eigenvalue weighted by Crippen LogP contribution is -2.11. The molecule has 0 saturated heterocycles. The maximum Gasteiger partial charge on any atom is 0.163 e. The molecule has 0 heterocycles. The number of hydrogen-bond acceptors (Lipinski definition) is 2. The summed E-state index contributed by atoms with van der Waals surface area (Å²) in [4.78, 5) is 12.2. The van der Waals surface area contributed by atoms with Crippen LogP contribution in [0.3, 0.4) is 0 Å². The fourth-order valence-electron chi connectivity index (χ4n) is 3.44. The molecule has 0 unspecified atom stereocenters. The summed E-state index contributed by atoms with van der Waals surface area (Å²) >= 11 is 0. The van der Waals surface area contributed by atoms with Crippen LogP contribution in [0.5, 0.6) is 5.75 Å². The highest BCUT2D eigenvalue weighted by molar-refractivity contribution is 6.00. The van der Waals surface area contributed by atoms with Gasteiger partial charge in [0.1, 0.15) is 12.4 Å². The highest BCUT2D eigenvalue weighted by Crippen LogP contribution is 2.33. The Kier molecular flexibility index (Phi) is 4.34. The third-order valence-corrected chi connectivity index (χ3v) is 4.70. The van der Waals surface area contributed by atoms with Crippen molar-refractivity contribution in [1.82, 2.24) is 0 Å². The van der Waals surface area contributed by atoms with E-state index in [-0.39, 0.29) is 5.78 Å². The van der Waals surface area contributed by atoms with E-state index in [2.05, 4.69) is 30.3 Å². The lowest BCUT2D eigenvalue weighted by molar-refractivity contribution is 0.0972. The number of benzene rings is 3. The van der Waals surface area contributed by atoms with Gasteiger partial charge in [-0.3, -0.25) is 4.79 Å². The van der Waals surface area contributed by atoms with Gasteiger partial charge in [0.15, 0.2) is 5.78 Å². The zero-order valence-electron chi connectivity index (χ0n) is 14.1. The second-order valence-electron chi connectivity index (χ2n) is 6.41. The maximum absolute atomic E-state index is 12.2. The third kappa shape index (κ3) is 3.34. The average molecular weight is 328 g/mol. The predicted octanol–water partition coefficient (Wildman–Crippen LogP) is 5.45. The van der Waals surface area contributed by atoms with Gasteiger partial charge in [0, 0.05) is 12.0 Å². The molecule has 1 aliphatic carbocycles. The van der Waals surface area contributed by atoms with E-state index < -0.39 is 0 Å². The summed E-state index contributed by atoms with van der Waals surface area (Å²) in [5.41, 5.74) is 5.47. The first-order chi connectivity index (χ1) is 12.3. The van der Waals surface area contributed by atoms with Crippen LogP contribution < -0.4 is 4.74 Å². The molecule has 0 saturated carbocycles. The van der Waals surface area contributed by atoms with Gasteiger partial charge in [-0.2, -0.15) is 0 Å². The molecule has 2 nitrogen and oxygen atoms in total. The first-order valence-corrected chi connectivity index (χ1v) is 8.73. The molecule has 3 aromatic rings. The van der Waals surface area contributed by atoms with Gasteiger partial charge < -0.3 is 4.74 Å². The topological polar surface area (TPSA) is 26.3 Å². The summed E-state index contributed by atoms with van der Waals surface area (Å²) < 4.78 is 5.95. The maximum atomic E-state index is 12.2. The van der Waals surface area contributed by atoms with Gasteiger partial charge in [-0.25, -0.2) is 0 Å². The van der Waals surface area contributed by atoms with Crippen LogP contribution in [0.25, 0.3) is 11.1 Å². The Labute approximate surface area is 148 Å². The SMILES string of the molecule is O=C1CCCc2c1cccc2-c1cccc(OCc2ccccc2)c1. The summed E-state index contributed by atoms with van der Waals surface area (Å²) in [7, 11) is 0. The van der Waals surface area contributed by atoms with Crippen molar-refractivity contribution in [1.29, 1.82) is 0 Å². The summed E-state index contributed by atoms with van der Waals surface area (Å²) in [6, 6.07) is 24.3. The number of carbonyl (C=O) groups is 1. The van der Waals surface area contributed by atoms with Crippen LogP contribution in [0.2, 0.25) is 0 Å². The monoisotopic (exact) mass is 328 g/mol. The van der Waals surface area contributed by atoms with Crippen molar-refractivity contribution in [3.63, 3.8) is 0 Å². The Morgan fingerprint density at radius 3 is 2.48 bits per heavy atom. The number of fused-ring (bicyclic) bond motifs is 1.